The van der Waals surface area contributed by atoms with Crippen LogP contribution in [0.4, 0.5) is 5.69 Å². The summed E-state index contributed by atoms with van der Waals surface area (Å²) in [7, 11) is 3.98. The number of esters is 1. The van der Waals surface area contributed by atoms with Crippen LogP contribution in [0.5, 0.6) is 0 Å². The van der Waals surface area contributed by atoms with Crippen molar-refractivity contribution in [1.82, 2.24) is 10.2 Å². The number of rotatable bonds is 9. The maximum atomic E-state index is 12.8. The lowest BCUT2D eigenvalue weighted by Gasteiger charge is -2.10. The van der Waals surface area contributed by atoms with Crippen LogP contribution in [0.25, 0.3) is 10.1 Å². The number of halogens is 1. The van der Waals surface area contributed by atoms with Crippen LogP contribution in [-0.2, 0) is 4.74 Å². The molecule has 1 aromatic heterocycles. The molecule has 2 amide bonds. The number of anilines is 1. The van der Waals surface area contributed by atoms with E-state index in [9.17, 15) is 14.4 Å². The molecule has 2 N–H and O–H groups in total. The fourth-order valence-corrected chi connectivity index (χ4v) is 4.60. The third-order valence-electron chi connectivity index (χ3n) is 4.82. The smallest absolute Gasteiger partial charge is 0.338 e. The summed E-state index contributed by atoms with van der Waals surface area (Å²) in [5.74, 6) is -0.937. The summed E-state index contributed by atoms with van der Waals surface area (Å²) in [4.78, 5) is 39.4. The van der Waals surface area contributed by atoms with Crippen LogP contribution in [0, 0.1) is 0 Å². The Kier molecular flexibility index (Phi) is 8.43. The van der Waals surface area contributed by atoms with Crippen molar-refractivity contribution in [3.63, 3.8) is 0 Å². The van der Waals surface area contributed by atoms with Crippen LogP contribution in [0.1, 0.15) is 43.7 Å². The molecule has 3 aromatic rings. The Morgan fingerprint density at radius 2 is 1.73 bits per heavy atom. The molecule has 0 aliphatic rings. The van der Waals surface area contributed by atoms with Gasteiger partial charge in [-0.3, -0.25) is 9.59 Å². The largest absolute Gasteiger partial charge is 0.462 e. The molecule has 3 rings (SSSR count). The number of carbonyl (C=O) groups is 3. The Balaban J connectivity index is 1.66. The van der Waals surface area contributed by atoms with E-state index in [1.807, 2.05) is 14.1 Å². The molecule has 0 aliphatic heterocycles. The zero-order chi connectivity index (χ0) is 24.0. The second kappa shape index (κ2) is 11.3. The first-order valence-corrected chi connectivity index (χ1v) is 11.7. The molecule has 1 heterocycles. The first-order valence-electron chi connectivity index (χ1n) is 10.5. The van der Waals surface area contributed by atoms with Crippen molar-refractivity contribution in [3.05, 3.63) is 63.5 Å². The highest BCUT2D eigenvalue weighted by Gasteiger charge is 2.19. The van der Waals surface area contributed by atoms with Gasteiger partial charge in [0.05, 0.1) is 17.2 Å². The number of hydrogen-bond acceptors (Lipinski definition) is 6. The van der Waals surface area contributed by atoms with Gasteiger partial charge in [0.15, 0.2) is 0 Å². The summed E-state index contributed by atoms with van der Waals surface area (Å²) in [5.41, 5.74) is 1.47. The number of thiophene rings is 1. The number of ether oxygens (including phenoxy) is 1. The topological polar surface area (TPSA) is 87.7 Å². The van der Waals surface area contributed by atoms with Gasteiger partial charge in [-0.15, -0.1) is 11.3 Å². The molecular weight excluding hydrogens is 462 g/mol. The quantitative estimate of drug-likeness (QED) is 0.338. The predicted molar refractivity (Wildman–Crippen MR) is 133 cm³/mol. The molecule has 0 atom stereocenters. The van der Waals surface area contributed by atoms with Gasteiger partial charge in [-0.1, -0.05) is 17.7 Å². The van der Waals surface area contributed by atoms with Crippen molar-refractivity contribution in [2.45, 2.75) is 13.3 Å². The summed E-state index contributed by atoms with van der Waals surface area (Å²) < 4.78 is 5.75. The minimum absolute atomic E-state index is 0.156. The fourth-order valence-electron chi connectivity index (χ4n) is 3.14. The van der Waals surface area contributed by atoms with Gasteiger partial charge < -0.3 is 20.3 Å². The highest BCUT2D eigenvalue weighted by atomic mass is 35.5. The minimum Gasteiger partial charge on any atom is -0.462 e. The molecule has 2 aromatic carbocycles. The first kappa shape index (κ1) is 24.7. The first-order chi connectivity index (χ1) is 15.8. The van der Waals surface area contributed by atoms with Crippen LogP contribution in [0.3, 0.4) is 0 Å². The zero-order valence-corrected chi connectivity index (χ0v) is 20.3. The molecule has 174 valence electrons. The van der Waals surface area contributed by atoms with Gasteiger partial charge in [-0.2, -0.15) is 0 Å². The van der Waals surface area contributed by atoms with Crippen LogP contribution < -0.4 is 10.6 Å². The lowest BCUT2D eigenvalue weighted by Crippen LogP contribution is -2.27. The van der Waals surface area contributed by atoms with Crippen molar-refractivity contribution in [2.24, 2.45) is 0 Å². The highest BCUT2D eigenvalue weighted by molar-refractivity contribution is 7.21. The maximum Gasteiger partial charge on any atom is 0.338 e. The number of hydrogen-bond donors (Lipinski definition) is 2. The van der Waals surface area contributed by atoms with Gasteiger partial charge in [0.1, 0.15) is 4.88 Å². The van der Waals surface area contributed by atoms with Gasteiger partial charge in [0.25, 0.3) is 11.8 Å². The summed E-state index contributed by atoms with van der Waals surface area (Å²) in [5, 5.41) is 6.71. The summed E-state index contributed by atoms with van der Waals surface area (Å²) >= 11 is 7.64. The average Bonchev–Trinajstić information content (AvgIpc) is 3.13. The molecule has 0 radical (unpaired) electrons. The van der Waals surface area contributed by atoms with E-state index in [0.29, 0.717) is 38.6 Å². The molecule has 0 saturated heterocycles. The van der Waals surface area contributed by atoms with E-state index in [1.165, 1.54) is 11.3 Å². The lowest BCUT2D eigenvalue weighted by molar-refractivity contribution is 0.0526. The zero-order valence-electron chi connectivity index (χ0n) is 18.7. The highest BCUT2D eigenvalue weighted by Crippen LogP contribution is 2.36. The molecule has 7 nitrogen and oxygen atoms in total. The third-order valence-corrected chi connectivity index (χ3v) is 6.48. The molecule has 33 heavy (non-hydrogen) atoms. The summed E-state index contributed by atoms with van der Waals surface area (Å²) in [6.07, 6.45) is 0.865. The van der Waals surface area contributed by atoms with Crippen LogP contribution in [-0.4, -0.2) is 56.5 Å². The van der Waals surface area contributed by atoms with E-state index in [0.717, 1.165) is 17.7 Å². The molecule has 0 unspecified atom stereocenters. The molecule has 0 bridgehead atoms. The third kappa shape index (κ3) is 6.31. The van der Waals surface area contributed by atoms with E-state index < -0.39 is 5.97 Å². The Morgan fingerprint density at radius 1 is 1.03 bits per heavy atom. The number of amides is 2. The summed E-state index contributed by atoms with van der Waals surface area (Å²) in [6.45, 7) is 3.52. The van der Waals surface area contributed by atoms with Crippen molar-refractivity contribution in [3.8, 4) is 0 Å². The number of fused-ring (bicyclic) bond motifs is 1. The molecule has 0 fully saturated rings. The Hall–Kier alpha value is -2.94. The monoisotopic (exact) mass is 487 g/mol. The van der Waals surface area contributed by atoms with Crippen molar-refractivity contribution >= 4 is 56.5 Å². The van der Waals surface area contributed by atoms with Gasteiger partial charge in [-0.25, -0.2) is 4.79 Å². The van der Waals surface area contributed by atoms with Gasteiger partial charge in [0.2, 0.25) is 0 Å². The number of carbonyl (C=O) groups excluding carboxylic acids is 3. The van der Waals surface area contributed by atoms with E-state index in [1.54, 1.807) is 49.4 Å². The Morgan fingerprint density at radius 3 is 2.39 bits per heavy atom. The van der Waals surface area contributed by atoms with E-state index >= 15 is 0 Å². The number of nitrogens with one attached hydrogen (secondary N) is 2. The molecule has 9 heteroatoms. The van der Waals surface area contributed by atoms with E-state index in [2.05, 4.69) is 15.5 Å². The fraction of sp³-hybridized carbons (Fsp3) is 0.292. The molecular formula is C24H26ClN3O4S. The van der Waals surface area contributed by atoms with Crippen molar-refractivity contribution < 1.29 is 19.1 Å². The van der Waals surface area contributed by atoms with Crippen molar-refractivity contribution in [2.75, 3.05) is 39.1 Å². The molecule has 0 aliphatic carbocycles. The minimum atomic E-state index is -0.420. The van der Waals surface area contributed by atoms with Gasteiger partial charge in [-0.05, 0) is 70.4 Å². The normalized spacial score (nSPS) is 10.9. The van der Waals surface area contributed by atoms with E-state index in [-0.39, 0.29) is 18.4 Å². The Labute approximate surface area is 201 Å². The summed E-state index contributed by atoms with van der Waals surface area (Å²) in [6, 6.07) is 11.7. The number of nitrogens with zero attached hydrogens (tertiary/aromatic N) is 1. The second-order valence-electron chi connectivity index (χ2n) is 7.62. The molecule has 0 saturated carbocycles. The SMILES string of the molecule is CCOC(=O)c1ccc2c(Cl)c(C(=O)Nc3ccc(C(=O)NCCCN(C)C)cc3)sc2c1. The Bertz CT molecular complexity index is 1160. The van der Waals surface area contributed by atoms with Crippen LogP contribution in [0.15, 0.2) is 42.5 Å². The van der Waals surface area contributed by atoms with E-state index in [4.69, 9.17) is 16.3 Å². The van der Waals surface area contributed by atoms with Gasteiger partial charge >= 0.3 is 5.97 Å². The van der Waals surface area contributed by atoms with Crippen LogP contribution >= 0.6 is 22.9 Å². The maximum absolute atomic E-state index is 12.8. The number of benzene rings is 2. The van der Waals surface area contributed by atoms with Crippen molar-refractivity contribution in [1.29, 1.82) is 0 Å². The molecule has 0 spiro atoms. The van der Waals surface area contributed by atoms with Gasteiger partial charge in [0, 0.05) is 27.9 Å². The predicted octanol–water partition coefficient (Wildman–Crippen LogP) is 4.67. The second-order valence-corrected chi connectivity index (χ2v) is 9.05. The van der Waals surface area contributed by atoms with Crippen LogP contribution in [0.2, 0.25) is 5.02 Å². The standard InChI is InChI=1S/C24H26ClN3O4S/c1-4-32-24(31)16-8-11-18-19(14-16)33-21(20(18)25)23(30)27-17-9-6-15(7-10-17)22(29)26-12-5-13-28(2)3/h6-11,14H,4-5,12-13H2,1-3H3,(H,26,29)(H,27,30). The lowest BCUT2D eigenvalue weighted by atomic mass is 10.1. The average molecular weight is 488 g/mol.